The Morgan fingerprint density at radius 1 is 0.833 bits per heavy atom. The van der Waals surface area contributed by atoms with Crippen molar-refractivity contribution in [3.8, 4) is 0 Å². The van der Waals surface area contributed by atoms with E-state index in [-0.39, 0.29) is 11.5 Å². The van der Waals surface area contributed by atoms with Crippen molar-refractivity contribution >= 4 is 23.2 Å². The molecule has 0 saturated carbocycles. The highest BCUT2D eigenvalue weighted by Gasteiger charge is 2.19. The molecule has 3 aromatic rings. The van der Waals surface area contributed by atoms with Gasteiger partial charge in [-0.1, -0.05) is 60.3 Å². The van der Waals surface area contributed by atoms with Crippen LogP contribution in [0.3, 0.4) is 0 Å². The summed E-state index contributed by atoms with van der Waals surface area (Å²) in [7, 11) is 0. The lowest BCUT2D eigenvalue weighted by Crippen LogP contribution is -2.02. The molecule has 0 saturated heterocycles. The average Bonchev–Trinajstić information content (AvgIpc) is 2.63. The first kappa shape index (κ1) is 16.0. The van der Waals surface area contributed by atoms with Crippen molar-refractivity contribution in [2.75, 3.05) is 0 Å². The van der Waals surface area contributed by atoms with Gasteiger partial charge in [0.05, 0.1) is 9.82 Å². The fourth-order valence-corrected chi connectivity index (χ4v) is 3.18. The number of nitro groups is 1. The van der Waals surface area contributed by atoms with Crippen LogP contribution in [0.15, 0.2) is 88.7 Å². The average molecular weight is 335 g/mol. The molecule has 0 aliphatic carbocycles. The van der Waals surface area contributed by atoms with Crippen LogP contribution in [0.4, 0.5) is 5.69 Å². The van der Waals surface area contributed by atoms with Crippen LogP contribution in [-0.2, 0) is 0 Å². The number of benzene rings is 3. The molecule has 0 aliphatic rings. The highest BCUT2D eigenvalue weighted by Crippen LogP contribution is 2.35. The zero-order chi connectivity index (χ0) is 16.9. The van der Waals surface area contributed by atoms with Gasteiger partial charge in [0.25, 0.3) is 5.69 Å². The lowest BCUT2D eigenvalue weighted by molar-refractivity contribution is -0.387. The van der Waals surface area contributed by atoms with Gasteiger partial charge >= 0.3 is 0 Å². The number of hydrogen-bond donors (Lipinski definition) is 0. The third kappa shape index (κ3) is 3.52. The summed E-state index contributed by atoms with van der Waals surface area (Å²) in [6.45, 7) is 0. The molecule has 0 radical (unpaired) electrons. The molecule has 5 heteroatoms. The smallest absolute Gasteiger partial charge is 0.283 e. The molecule has 3 rings (SSSR count). The quantitative estimate of drug-likeness (QED) is 0.375. The van der Waals surface area contributed by atoms with Crippen molar-refractivity contribution in [1.29, 1.82) is 0 Å². The van der Waals surface area contributed by atoms with E-state index in [9.17, 15) is 14.9 Å². The SMILES string of the molecule is O=C(c1ccccc1)c1ccc(Sc2ccccc2)c([N+](=O)[O-])c1. The second kappa shape index (κ2) is 7.10. The predicted molar refractivity (Wildman–Crippen MR) is 93.5 cm³/mol. The predicted octanol–water partition coefficient (Wildman–Crippen LogP) is 4.98. The van der Waals surface area contributed by atoms with Crippen LogP contribution >= 0.6 is 11.8 Å². The monoisotopic (exact) mass is 335 g/mol. The van der Waals surface area contributed by atoms with Gasteiger partial charge in [-0.2, -0.15) is 0 Å². The molecule has 24 heavy (non-hydrogen) atoms. The van der Waals surface area contributed by atoms with E-state index in [1.165, 1.54) is 17.8 Å². The molecule has 0 atom stereocenters. The maximum absolute atomic E-state index is 12.5. The summed E-state index contributed by atoms with van der Waals surface area (Å²) in [5.74, 6) is -0.227. The molecule has 4 nitrogen and oxygen atoms in total. The zero-order valence-corrected chi connectivity index (χ0v) is 13.4. The van der Waals surface area contributed by atoms with Crippen LogP contribution in [0, 0.1) is 10.1 Å². The van der Waals surface area contributed by atoms with Crippen LogP contribution in [0.5, 0.6) is 0 Å². The van der Waals surface area contributed by atoms with Crippen LogP contribution in [0.25, 0.3) is 0 Å². The summed E-state index contributed by atoms with van der Waals surface area (Å²) in [4.78, 5) is 24.8. The van der Waals surface area contributed by atoms with E-state index in [1.54, 1.807) is 36.4 Å². The van der Waals surface area contributed by atoms with E-state index in [1.807, 2.05) is 36.4 Å². The Bertz CT molecular complexity index is 880. The van der Waals surface area contributed by atoms with Gasteiger partial charge in [0.15, 0.2) is 5.78 Å². The largest absolute Gasteiger partial charge is 0.289 e. The van der Waals surface area contributed by atoms with E-state index in [2.05, 4.69) is 0 Å². The molecule has 118 valence electrons. The molecule has 0 bridgehead atoms. The Labute approximate surface area is 143 Å². The molecule has 0 unspecified atom stereocenters. The van der Waals surface area contributed by atoms with E-state index >= 15 is 0 Å². The minimum absolute atomic E-state index is 0.0642. The summed E-state index contributed by atoms with van der Waals surface area (Å²) in [6.07, 6.45) is 0. The Morgan fingerprint density at radius 3 is 2.08 bits per heavy atom. The first-order valence-corrected chi connectivity index (χ1v) is 8.08. The highest BCUT2D eigenvalue weighted by atomic mass is 32.2. The first-order chi connectivity index (χ1) is 11.6. The fourth-order valence-electron chi connectivity index (χ4n) is 2.26. The maximum atomic E-state index is 12.5. The number of carbonyl (C=O) groups is 1. The molecule has 0 spiro atoms. The van der Waals surface area contributed by atoms with Gasteiger partial charge in [-0.15, -0.1) is 0 Å². The number of hydrogen-bond acceptors (Lipinski definition) is 4. The number of nitro benzene ring substituents is 1. The number of nitrogens with zero attached hydrogens (tertiary/aromatic N) is 1. The molecule has 3 aromatic carbocycles. The fraction of sp³-hybridized carbons (Fsp3) is 0. The minimum atomic E-state index is -0.451. The molecule has 0 aromatic heterocycles. The maximum Gasteiger partial charge on any atom is 0.283 e. The van der Waals surface area contributed by atoms with Crippen molar-refractivity contribution in [3.05, 3.63) is 100 Å². The topological polar surface area (TPSA) is 60.2 Å². The normalized spacial score (nSPS) is 10.3. The molecular formula is C19H13NO3S. The number of rotatable bonds is 5. The van der Waals surface area contributed by atoms with Crippen molar-refractivity contribution in [3.63, 3.8) is 0 Å². The van der Waals surface area contributed by atoms with E-state index in [0.29, 0.717) is 16.0 Å². The summed E-state index contributed by atoms with van der Waals surface area (Å²) < 4.78 is 0. The highest BCUT2D eigenvalue weighted by molar-refractivity contribution is 7.99. The Morgan fingerprint density at radius 2 is 1.46 bits per heavy atom. The second-order valence-corrected chi connectivity index (χ2v) is 6.17. The summed E-state index contributed by atoms with van der Waals surface area (Å²) in [5, 5.41) is 11.4. The molecule has 0 amide bonds. The first-order valence-electron chi connectivity index (χ1n) is 7.26. The van der Waals surface area contributed by atoms with Crippen LogP contribution in [0.2, 0.25) is 0 Å². The third-order valence-electron chi connectivity index (χ3n) is 3.42. The standard InChI is InChI=1S/C19H13NO3S/c21-19(14-7-3-1-4-8-14)15-11-12-18(17(13-15)20(22)23)24-16-9-5-2-6-10-16/h1-13H. The number of carbonyl (C=O) groups excluding carboxylic acids is 1. The second-order valence-electron chi connectivity index (χ2n) is 5.05. The van der Waals surface area contributed by atoms with Crippen LogP contribution in [-0.4, -0.2) is 10.7 Å². The number of ketones is 1. The summed E-state index contributed by atoms with van der Waals surface area (Å²) in [6, 6.07) is 22.8. The van der Waals surface area contributed by atoms with E-state index in [0.717, 1.165) is 4.90 Å². The Kier molecular flexibility index (Phi) is 4.72. The van der Waals surface area contributed by atoms with Gasteiger partial charge < -0.3 is 0 Å². The van der Waals surface area contributed by atoms with Gasteiger partial charge in [-0.05, 0) is 24.3 Å². The Hall–Kier alpha value is -2.92. The van der Waals surface area contributed by atoms with E-state index < -0.39 is 4.92 Å². The Balaban J connectivity index is 1.96. The molecule has 0 aliphatic heterocycles. The zero-order valence-electron chi connectivity index (χ0n) is 12.6. The summed E-state index contributed by atoms with van der Waals surface area (Å²) in [5.41, 5.74) is 0.756. The minimum Gasteiger partial charge on any atom is -0.289 e. The van der Waals surface area contributed by atoms with Crippen molar-refractivity contribution in [2.24, 2.45) is 0 Å². The van der Waals surface area contributed by atoms with E-state index in [4.69, 9.17) is 0 Å². The summed E-state index contributed by atoms with van der Waals surface area (Å²) >= 11 is 1.31. The van der Waals surface area contributed by atoms with Crippen LogP contribution < -0.4 is 0 Å². The third-order valence-corrected chi connectivity index (χ3v) is 4.50. The van der Waals surface area contributed by atoms with Gasteiger partial charge in [-0.3, -0.25) is 14.9 Å². The van der Waals surface area contributed by atoms with Gasteiger partial charge in [0.1, 0.15) is 0 Å². The van der Waals surface area contributed by atoms with Crippen molar-refractivity contribution in [2.45, 2.75) is 9.79 Å². The van der Waals surface area contributed by atoms with Crippen molar-refractivity contribution in [1.82, 2.24) is 0 Å². The molecule has 0 fully saturated rings. The molecule has 0 heterocycles. The van der Waals surface area contributed by atoms with Crippen LogP contribution in [0.1, 0.15) is 15.9 Å². The van der Waals surface area contributed by atoms with Crippen molar-refractivity contribution < 1.29 is 9.72 Å². The van der Waals surface area contributed by atoms with Gasteiger partial charge in [0.2, 0.25) is 0 Å². The van der Waals surface area contributed by atoms with Gasteiger partial charge in [0, 0.05) is 22.1 Å². The molecule has 0 N–H and O–H groups in total. The lowest BCUT2D eigenvalue weighted by atomic mass is 10.0. The van der Waals surface area contributed by atoms with Gasteiger partial charge in [-0.25, -0.2) is 0 Å². The molecular weight excluding hydrogens is 322 g/mol. The lowest BCUT2D eigenvalue weighted by Gasteiger charge is -2.06.